The van der Waals surface area contributed by atoms with E-state index in [9.17, 15) is 4.79 Å². The summed E-state index contributed by atoms with van der Waals surface area (Å²) in [4.78, 5) is 30.8. The van der Waals surface area contributed by atoms with Gasteiger partial charge in [-0.3, -0.25) is 9.69 Å². The standard InChI is InChI=1S/C30H41N7O3/c1-4-27(38)35-11-13-36(14-12-35)29-24-8-10-37(28-23(3)7-6-22(2)25(28)20-31)21-26(24)32-30(33-29)40-17-5-9-34-15-18-39-19-16-34/h4,6-7,20,31H,1,5,8-19,21H2,2-3H3. The van der Waals surface area contributed by atoms with Crippen LogP contribution in [0, 0.1) is 19.3 Å². The van der Waals surface area contributed by atoms with Gasteiger partial charge >= 0.3 is 6.01 Å². The number of nitrogens with one attached hydrogen (secondary N) is 1. The number of fused-ring (bicyclic) bond motifs is 1. The van der Waals surface area contributed by atoms with Crippen molar-refractivity contribution >= 4 is 23.6 Å². The molecule has 0 saturated carbocycles. The molecule has 1 N–H and O–H groups in total. The molecule has 214 valence electrons. The summed E-state index contributed by atoms with van der Waals surface area (Å²) in [5.74, 6) is 0.895. The lowest BCUT2D eigenvalue weighted by molar-refractivity contribution is -0.126. The third-order valence-electron chi connectivity index (χ3n) is 8.14. The fraction of sp³-hybridized carbons (Fsp3) is 0.533. The molecule has 2 aromatic rings. The molecule has 5 rings (SSSR count). The number of amides is 1. The van der Waals surface area contributed by atoms with Crippen molar-refractivity contribution < 1.29 is 14.3 Å². The number of morpholine rings is 1. The third kappa shape index (κ3) is 6.13. The molecule has 0 unspecified atom stereocenters. The maximum Gasteiger partial charge on any atom is 0.318 e. The average molecular weight is 548 g/mol. The topological polar surface area (TPSA) is 98.1 Å². The summed E-state index contributed by atoms with van der Waals surface area (Å²) in [6, 6.07) is 4.62. The van der Waals surface area contributed by atoms with E-state index in [1.807, 2.05) is 4.90 Å². The number of nitrogens with zero attached hydrogens (tertiary/aromatic N) is 6. The summed E-state index contributed by atoms with van der Waals surface area (Å²) in [5, 5.41) is 8.07. The summed E-state index contributed by atoms with van der Waals surface area (Å²) in [6.07, 6.45) is 4.55. The number of carbonyl (C=O) groups excluding carboxylic acids is 1. The maximum absolute atomic E-state index is 12.1. The molecule has 0 atom stereocenters. The van der Waals surface area contributed by atoms with Gasteiger partial charge in [0.05, 0.1) is 32.1 Å². The lowest BCUT2D eigenvalue weighted by atomic mass is 9.98. The summed E-state index contributed by atoms with van der Waals surface area (Å²) >= 11 is 0. The van der Waals surface area contributed by atoms with Gasteiger partial charge in [-0.05, 0) is 43.9 Å². The molecule has 1 aromatic heterocycles. The van der Waals surface area contributed by atoms with Crippen LogP contribution in [0.1, 0.15) is 34.4 Å². The first-order valence-electron chi connectivity index (χ1n) is 14.3. The predicted octanol–water partition coefficient (Wildman–Crippen LogP) is 2.59. The number of piperazine rings is 1. The van der Waals surface area contributed by atoms with Gasteiger partial charge in [-0.1, -0.05) is 18.7 Å². The van der Waals surface area contributed by atoms with Gasteiger partial charge in [0, 0.05) is 75.4 Å². The first kappa shape index (κ1) is 28.0. The van der Waals surface area contributed by atoms with Crippen molar-refractivity contribution in [3.8, 4) is 6.01 Å². The van der Waals surface area contributed by atoms with E-state index in [0.717, 1.165) is 91.7 Å². The number of hydrogen-bond donors (Lipinski definition) is 1. The van der Waals surface area contributed by atoms with Crippen LogP contribution in [0.2, 0.25) is 0 Å². The number of anilines is 2. The minimum Gasteiger partial charge on any atom is -0.463 e. The Hall–Kier alpha value is -3.50. The molecule has 10 nitrogen and oxygen atoms in total. The maximum atomic E-state index is 12.1. The number of aromatic nitrogens is 2. The minimum atomic E-state index is -0.0279. The minimum absolute atomic E-state index is 0.0279. The molecule has 10 heteroatoms. The Morgan fingerprint density at radius 2 is 1.80 bits per heavy atom. The Bertz CT molecular complexity index is 1240. The summed E-state index contributed by atoms with van der Waals surface area (Å²) in [7, 11) is 0. The molecule has 4 heterocycles. The Morgan fingerprint density at radius 1 is 1.05 bits per heavy atom. The van der Waals surface area contributed by atoms with Crippen LogP contribution in [0.5, 0.6) is 6.01 Å². The van der Waals surface area contributed by atoms with Crippen molar-refractivity contribution in [1.29, 1.82) is 5.41 Å². The lowest BCUT2D eigenvalue weighted by Gasteiger charge is -2.38. The molecule has 40 heavy (non-hydrogen) atoms. The van der Waals surface area contributed by atoms with Gasteiger partial charge in [0.2, 0.25) is 5.91 Å². The smallest absolute Gasteiger partial charge is 0.318 e. The van der Waals surface area contributed by atoms with E-state index in [2.05, 4.69) is 47.3 Å². The van der Waals surface area contributed by atoms with Crippen molar-refractivity contribution in [2.24, 2.45) is 0 Å². The fourth-order valence-electron chi connectivity index (χ4n) is 5.87. The van der Waals surface area contributed by atoms with Gasteiger partial charge in [-0.15, -0.1) is 0 Å². The van der Waals surface area contributed by atoms with Crippen molar-refractivity contribution in [2.45, 2.75) is 33.2 Å². The SMILES string of the molecule is C=CC(=O)N1CCN(c2nc(OCCCN3CCOCC3)nc3c2CCN(c2c(C)ccc(C)c2C=N)C3)CC1. The largest absolute Gasteiger partial charge is 0.463 e. The molecule has 1 aromatic carbocycles. The van der Waals surface area contributed by atoms with Crippen LogP contribution in [0.4, 0.5) is 11.5 Å². The van der Waals surface area contributed by atoms with E-state index in [4.69, 9.17) is 24.9 Å². The van der Waals surface area contributed by atoms with Crippen molar-refractivity contribution in [2.75, 3.05) is 82.0 Å². The molecular formula is C30H41N7O3. The van der Waals surface area contributed by atoms with Crippen molar-refractivity contribution in [3.63, 3.8) is 0 Å². The monoisotopic (exact) mass is 547 g/mol. The highest BCUT2D eigenvalue weighted by atomic mass is 16.5. The second-order valence-corrected chi connectivity index (χ2v) is 10.7. The Kier molecular flexibility index (Phi) is 8.96. The average Bonchev–Trinajstić information content (AvgIpc) is 2.99. The van der Waals surface area contributed by atoms with Gasteiger partial charge in [-0.2, -0.15) is 9.97 Å². The first-order valence-corrected chi connectivity index (χ1v) is 14.3. The fourth-order valence-corrected chi connectivity index (χ4v) is 5.87. The second-order valence-electron chi connectivity index (χ2n) is 10.7. The highest BCUT2D eigenvalue weighted by molar-refractivity contribution is 5.89. The Morgan fingerprint density at radius 3 is 2.52 bits per heavy atom. The first-order chi connectivity index (χ1) is 19.5. The predicted molar refractivity (Wildman–Crippen MR) is 157 cm³/mol. The van der Waals surface area contributed by atoms with Gasteiger partial charge in [0.15, 0.2) is 0 Å². The van der Waals surface area contributed by atoms with Crippen LogP contribution >= 0.6 is 0 Å². The molecule has 0 radical (unpaired) electrons. The quantitative estimate of drug-likeness (QED) is 0.291. The molecule has 3 aliphatic heterocycles. The zero-order valence-electron chi connectivity index (χ0n) is 23.8. The normalized spacial score (nSPS) is 17.9. The number of ether oxygens (including phenoxy) is 2. The van der Waals surface area contributed by atoms with Crippen LogP contribution in [0.15, 0.2) is 24.8 Å². The molecule has 0 aliphatic carbocycles. The van der Waals surface area contributed by atoms with Crippen molar-refractivity contribution in [3.05, 3.63) is 52.7 Å². The third-order valence-corrected chi connectivity index (χ3v) is 8.14. The molecule has 0 bridgehead atoms. The highest BCUT2D eigenvalue weighted by Gasteiger charge is 2.29. The van der Waals surface area contributed by atoms with E-state index in [1.165, 1.54) is 12.3 Å². The Labute approximate surface area is 237 Å². The van der Waals surface area contributed by atoms with E-state index in [1.54, 1.807) is 0 Å². The summed E-state index contributed by atoms with van der Waals surface area (Å²) < 4.78 is 11.6. The van der Waals surface area contributed by atoms with Gasteiger partial charge in [0.1, 0.15) is 5.82 Å². The molecular weight excluding hydrogens is 506 g/mol. The van der Waals surface area contributed by atoms with Crippen LogP contribution in [-0.2, 0) is 22.5 Å². The Balaban J connectivity index is 1.37. The van der Waals surface area contributed by atoms with Crippen LogP contribution in [0.3, 0.4) is 0 Å². The summed E-state index contributed by atoms with van der Waals surface area (Å²) in [6.45, 7) is 17.0. The van der Waals surface area contributed by atoms with Gasteiger partial charge < -0.3 is 29.6 Å². The van der Waals surface area contributed by atoms with Crippen LogP contribution in [0.25, 0.3) is 0 Å². The second kappa shape index (κ2) is 12.8. The zero-order valence-corrected chi connectivity index (χ0v) is 23.8. The highest BCUT2D eigenvalue weighted by Crippen LogP contribution is 2.34. The molecule has 2 fully saturated rings. The zero-order chi connectivity index (χ0) is 28.1. The van der Waals surface area contributed by atoms with Crippen molar-refractivity contribution in [1.82, 2.24) is 19.8 Å². The van der Waals surface area contributed by atoms with Crippen LogP contribution < -0.4 is 14.5 Å². The molecule has 1 amide bonds. The number of carbonyl (C=O) groups is 1. The lowest BCUT2D eigenvalue weighted by Crippen LogP contribution is -2.49. The van der Waals surface area contributed by atoms with E-state index < -0.39 is 0 Å². The number of benzene rings is 1. The molecule has 0 spiro atoms. The van der Waals surface area contributed by atoms with E-state index in [0.29, 0.717) is 45.3 Å². The van der Waals surface area contributed by atoms with Gasteiger partial charge in [-0.25, -0.2) is 0 Å². The van der Waals surface area contributed by atoms with E-state index >= 15 is 0 Å². The summed E-state index contributed by atoms with van der Waals surface area (Å²) in [5.41, 5.74) is 6.44. The number of hydrogen-bond acceptors (Lipinski definition) is 9. The molecule has 3 aliphatic rings. The molecule has 2 saturated heterocycles. The number of rotatable bonds is 9. The van der Waals surface area contributed by atoms with Crippen LogP contribution in [-0.4, -0.2) is 104 Å². The van der Waals surface area contributed by atoms with Gasteiger partial charge in [0.25, 0.3) is 0 Å². The van der Waals surface area contributed by atoms with E-state index in [-0.39, 0.29) is 5.91 Å². The number of aryl methyl sites for hydroxylation is 2.